The second kappa shape index (κ2) is 6.25. The third-order valence-corrected chi connectivity index (χ3v) is 4.56. The Morgan fingerprint density at radius 2 is 1.57 bits per heavy atom. The maximum Gasteiger partial charge on any atom is 0.159 e. The molecule has 2 unspecified atom stereocenters. The molecular formula is C18H23N3. The lowest BCUT2D eigenvalue weighted by molar-refractivity contribution is 0.268. The van der Waals surface area contributed by atoms with Gasteiger partial charge in [0.05, 0.1) is 18.1 Å². The van der Waals surface area contributed by atoms with Crippen molar-refractivity contribution in [3.8, 4) is 11.4 Å². The zero-order valence-corrected chi connectivity index (χ0v) is 12.8. The molecule has 1 fully saturated rings. The molecule has 21 heavy (non-hydrogen) atoms. The van der Waals surface area contributed by atoms with E-state index in [2.05, 4.69) is 29.1 Å². The Morgan fingerprint density at radius 3 is 2.19 bits per heavy atom. The first-order chi connectivity index (χ1) is 10.2. The SMILES string of the molecule is CC1CCCC(C)C1Nc1cnc(-c2ccccc2)nc1. The zero-order chi connectivity index (χ0) is 14.7. The summed E-state index contributed by atoms with van der Waals surface area (Å²) in [5.74, 6) is 2.20. The van der Waals surface area contributed by atoms with Gasteiger partial charge in [-0.05, 0) is 24.7 Å². The molecule has 1 N–H and O–H groups in total. The lowest BCUT2D eigenvalue weighted by Crippen LogP contribution is -2.37. The van der Waals surface area contributed by atoms with Crippen molar-refractivity contribution in [2.45, 2.75) is 39.2 Å². The van der Waals surface area contributed by atoms with Crippen molar-refractivity contribution in [1.29, 1.82) is 0 Å². The van der Waals surface area contributed by atoms with Crippen LogP contribution in [-0.4, -0.2) is 16.0 Å². The van der Waals surface area contributed by atoms with Crippen LogP contribution in [-0.2, 0) is 0 Å². The summed E-state index contributed by atoms with van der Waals surface area (Å²) in [5.41, 5.74) is 2.09. The van der Waals surface area contributed by atoms with Crippen LogP contribution in [0.3, 0.4) is 0 Å². The number of anilines is 1. The number of nitrogens with zero attached hydrogens (tertiary/aromatic N) is 2. The van der Waals surface area contributed by atoms with Gasteiger partial charge in [-0.2, -0.15) is 0 Å². The van der Waals surface area contributed by atoms with E-state index in [-0.39, 0.29) is 0 Å². The van der Waals surface area contributed by atoms with Gasteiger partial charge in [0.25, 0.3) is 0 Å². The molecule has 0 aliphatic heterocycles. The molecular weight excluding hydrogens is 258 g/mol. The topological polar surface area (TPSA) is 37.8 Å². The van der Waals surface area contributed by atoms with E-state index in [9.17, 15) is 0 Å². The van der Waals surface area contributed by atoms with Gasteiger partial charge in [-0.3, -0.25) is 0 Å². The van der Waals surface area contributed by atoms with Gasteiger partial charge in [0, 0.05) is 11.6 Å². The van der Waals surface area contributed by atoms with E-state index in [1.807, 2.05) is 42.7 Å². The molecule has 0 radical (unpaired) electrons. The van der Waals surface area contributed by atoms with Crippen LogP contribution < -0.4 is 5.32 Å². The van der Waals surface area contributed by atoms with Gasteiger partial charge in [0.1, 0.15) is 0 Å². The molecule has 3 rings (SSSR count). The van der Waals surface area contributed by atoms with E-state index >= 15 is 0 Å². The van der Waals surface area contributed by atoms with E-state index < -0.39 is 0 Å². The lowest BCUT2D eigenvalue weighted by Gasteiger charge is -2.35. The first-order valence-electron chi connectivity index (χ1n) is 7.88. The van der Waals surface area contributed by atoms with Crippen LogP contribution in [0.5, 0.6) is 0 Å². The molecule has 1 heterocycles. The molecule has 1 saturated carbocycles. The molecule has 1 aromatic carbocycles. The van der Waals surface area contributed by atoms with Crippen molar-refractivity contribution in [1.82, 2.24) is 9.97 Å². The van der Waals surface area contributed by atoms with Crippen molar-refractivity contribution >= 4 is 5.69 Å². The average molecular weight is 281 g/mol. The Labute approximate surface area is 126 Å². The smallest absolute Gasteiger partial charge is 0.159 e. The van der Waals surface area contributed by atoms with Crippen molar-refractivity contribution in [2.24, 2.45) is 11.8 Å². The molecule has 1 aliphatic rings. The van der Waals surface area contributed by atoms with Crippen LogP contribution in [0.1, 0.15) is 33.1 Å². The predicted octanol–water partition coefficient (Wildman–Crippen LogP) is 4.38. The van der Waals surface area contributed by atoms with E-state index in [0.29, 0.717) is 17.9 Å². The Kier molecular flexibility index (Phi) is 4.18. The first-order valence-corrected chi connectivity index (χ1v) is 7.88. The van der Waals surface area contributed by atoms with Crippen molar-refractivity contribution < 1.29 is 0 Å². The quantitative estimate of drug-likeness (QED) is 0.907. The fourth-order valence-electron chi connectivity index (χ4n) is 3.30. The zero-order valence-electron chi connectivity index (χ0n) is 12.8. The molecule has 0 bridgehead atoms. The minimum Gasteiger partial charge on any atom is -0.379 e. The minimum atomic E-state index is 0.532. The molecule has 2 atom stereocenters. The van der Waals surface area contributed by atoms with Crippen LogP contribution in [0.2, 0.25) is 0 Å². The van der Waals surface area contributed by atoms with Crippen molar-refractivity contribution in [3.63, 3.8) is 0 Å². The second-order valence-electron chi connectivity index (χ2n) is 6.22. The standard InChI is InChI=1S/C18H23N3/c1-13-7-6-8-14(2)17(13)21-16-11-19-18(20-12-16)15-9-4-3-5-10-15/h3-5,9-14,17,21H,6-8H2,1-2H3. The maximum atomic E-state index is 4.49. The van der Waals surface area contributed by atoms with Crippen LogP contribution >= 0.6 is 0 Å². The number of aromatic nitrogens is 2. The minimum absolute atomic E-state index is 0.532. The summed E-state index contributed by atoms with van der Waals surface area (Å²) in [6, 6.07) is 10.6. The first kappa shape index (κ1) is 14.1. The van der Waals surface area contributed by atoms with Crippen LogP contribution in [0.4, 0.5) is 5.69 Å². The van der Waals surface area contributed by atoms with Gasteiger partial charge in [-0.15, -0.1) is 0 Å². The third-order valence-electron chi connectivity index (χ3n) is 4.56. The molecule has 3 heteroatoms. The number of benzene rings is 1. The Hall–Kier alpha value is -1.90. The molecule has 0 saturated heterocycles. The molecule has 0 spiro atoms. The normalized spacial score (nSPS) is 25.5. The number of hydrogen-bond acceptors (Lipinski definition) is 3. The van der Waals surface area contributed by atoms with Gasteiger partial charge in [-0.25, -0.2) is 9.97 Å². The number of rotatable bonds is 3. The summed E-state index contributed by atoms with van der Waals surface area (Å²) in [6.45, 7) is 4.68. The van der Waals surface area contributed by atoms with E-state index in [4.69, 9.17) is 0 Å². The summed E-state index contributed by atoms with van der Waals surface area (Å²) in [4.78, 5) is 8.98. The average Bonchev–Trinajstić information content (AvgIpc) is 2.53. The van der Waals surface area contributed by atoms with Crippen LogP contribution in [0.15, 0.2) is 42.7 Å². The highest BCUT2D eigenvalue weighted by atomic mass is 15.0. The predicted molar refractivity (Wildman–Crippen MR) is 87.1 cm³/mol. The highest BCUT2D eigenvalue weighted by molar-refractivity contribution is 5.55. The summed E-state index contributed by atoms with van der Waals surface area (Å²) in [7, 11) is 0. The Morgan fingerprint density at radius 1 is 0.952 bits per heavy atom. The highest BCUT2D eigenvalue weighted by Crippen LogP contribution is 2.31. The number of hydrogen-bond donors (Lipinski definition) is 1. The summed E-state index contributed by atoms with van der Waals surface area (Å²) in [5, 5.41) is 3.63. The molecule has 0 amide bonds. The van der Waals surface area contributed by atoms with E-state index in [1.54, 1.807) is 0 Å². The molecule has 1 aromatic heterocycles. The lowest BCUT2D eigenvalue weighted by atomic mass is 9.78. The van der Waals surface area contributed by atoms with Crippen LogP contribution in [0, 0.1) is 11.8 Å². The Balaban J connectivity index is 1.72. The molecule has 3 nitrogen and oxygen atoms in total. The van der Waals surface area contributed by atoms with Gasteiger partial charge < -0.3 is 5.32 Å². The molecule has 2 aromatic rings. The van der Waals surface area contributed by atoms with Gasteiger partial charge in [-0.1, -0.05) is 50.6 Å². The maximum absolute atomic E-state index is 4.49. The fraction of sp³-hybridized carbons (Fsp3) is 0.444. The second-order valence-corrected chi connectivity index (χ2v) is 6.22. The van der Waals surface area contributed by atoms with Gasteiger partial charge in [0.15, 0.2) is 5.82 Å². The largest absolute Gasteiger partial charge is 0.379 e. The Bertz CT molecular complexity index is 555. The summed E-state index contributed by atoms with van der Waals surface area (Å²) >= 11 is 0. The van der Waals surface area contributed by atoms with Crippen LogP contribution in [0.25, 0.3) is 11.4 Å². The third kappa shape index (κ3) is 3.23. The molecule has 1 aliphatic carbocycles. The van der Waals surface area contributed by atoms with Gasteiger partial charge >= 0.3 is 0 Å². The summed E-state index contributed by atoms with van der Waals surface area (Å²) < 4.78 is 0. The van der Waals surface area contributed by atoms with E-state index in [1.165, 1.54) is 19.3 Å². The van der Waals surface area contributed by atoms with Crippen molar-refractivity contribution in [3.05, 3.63) is 42.7 Å². The molecule has 110 valence electrons. The van der Waals surface area contributed by atoms with E-state index in [0.717, 1.165) is 17.1 Å². The monoisotopic (exact) mass is 281 g/mol. The van der Waals surface area contributed by atoms with Crippen molar-refractivity contribution in [2.75, 3.05) is 5.32 Å². The fourth-order valence-corrected chi connectivity index (χ4v) is 3.30. The van der Waals surface area contributed by atoms with Gasteiger partial charge in [0.2, 0.25) is 0 Å². The number of nitrogens with one attached hydrogen (secondary N) is 1. The summed E-state index contributed by atoms with van der Waals surface area (Å²) in [6.07, 6.45) is 7.78. The highest BCUT2D eigenvalue weighted by Gasteiger charge is 2.27.